The van der Waals surface area contributed by atoms with Crippen molar-refractivity contribution < 1.29 is 14.3 Å². The van der Waals surface area contributed by atoms with Gasteiger partial charge in [0.1, 0.15) is 11.5 Å². The molecule has 1 aliphatic rings. The smallest absolute Gasteiger partial charge is 0.308 e. The first-order valence-corrected chi connectivity index (χ1v) is 8.73. The zero-order valence-corrected chi connectivity index (χ0v) is 16.0. The molecule has 0 aromatic heterocycles. The molecule has 0 unspecified atom stereocenters. The fourth-order valence-electron chi connectivity index (χ4n) is 3.58. The molecule has 0 amide bonds. The van der Waals surface area contributed by atoms with E-state index in [-0.39, 0.29) is 11.5 Å². The summed E-state index contributed by atoms with van der Waals surface area (Å²) in [5, 5.41) is 0. The normalized spacial score (nSPS) is 15.1. The van der Waals surface area contributed by atoms with Crippen LogP contribution in [0.15, 0.2) is 48.5 Å². The number of anilines is 1. The summed E-state index contributed by atoms with van der Waals surface area (Å²) in [6, 6.07) is 13.9. The van der Waals surface area contributed by atoms with E-state index in [0.29, 0.717) is 5.75 Å². The van der Waals surface area contributed by atoms with Gasteiger partial charge in [-0.2, -0.15) is 0 Å². The number of hydrogen-bond donors (Lipinski definition) is 0. The van der Waals surface area contributed by atoms with Crippen molar-refractivity contribution in [3.63, 3.8) is 0 Å². The van der Waals surface area contributed by atoms with Gasteiger partial charge in [0.2, 0.25) is 0 Å². The number of hydrogen-bond acceptors (Lipinski definition) is 4. The predicted octanol–water partition coefficient (Wildman–Crippen LogP) is 4.82. The molecular formula is C22H25NO3. The van der Waals surface area contributed by atoms with Crippen LogP contribution in [0.5, 0.6) is 11.5 Å². The van der Waals surface area contributed by atoms with E-state index >= 15 is 0 Å². The maximum Gasteiger partial charge on any atom is 0.308 e. The molecule has 0 fully saturated rings. The topological polar surface area (TPSA) is 38.8 Å². The lowest BCUT2D eigenvalue weighted by molar-refractivity contribution is -0.131. The van der Waals surface area contributed by atoms with E-state index < -0.39 is 0 Å². The number of allylic oxidation sites excluding steroid dienone is 1. The first-order valence-electron chi connectivity index (χ1n) is 8.73. The van der Waals surface area contributed by atoms with Crippen LogP contribution in [0.25, 0.3) is 5.57 Å². The Bertz CT molecular complexity index is 867. The summed E-state index contributed by atoms with van der Waals surface area (Å²) in [6.45, 7) is 8.64. The van der Waals surface area contributed by atoms with Gasteiger partial charge in [-0.1, -0.05) is 24.3 Å². The van der Waals surface area contributed by atoms with Crippen LogP contribution in [0.3, 0.4) is 0 Å². The van der Waals surface area contributed by atoms with Crippen molar-refractivity contribution in [2.45, 2.75) is 39.8 Å². The van der Waals surface area contributed by atoms with Crippen molar-refractivity contribution in [2.75, 3.05) is 12.0 Å². The maximum absolute atomic E-state index is 11.3. The van der Waals surface area contributed by atoms with Crippen LogP contribution in [0.1, 0.15) is 38.8 Å². The highest BCUT2D eigenvalue weighted by atomic mass is 16.5. The molecular weight excluding hydrogens is 326 g/mol. The van der Waals surface area contributed by atoms with E-state index in [1.807, 2.05) is 36.4 Å². The lowest BCUT2D eigenvalue weighted by Gasteiger charge is -2.43. The van der Waals surface area contributed by atoms with Crippen LogP contribution in [0.2, 0.25) is 0 Å². The van der Waals surface area contributed by atoms with Crippen LogP contribution in [0.4, 0.5) is 5.69 Å². The molecule has 0 saturated carbocycles. The number of fused-ring (bicyclic) bond motifs is 1. The number of para-hydroxylation sites is 1. The van der Waals surface area contributed by atoms with Gasteiger partial charge in [0.05, 0.1) is 12.6 Å². The lowest BCUT2D eigenvalue weighted by Crippen LogP contribution is -2.44. The van der Waals surface area contributed by atoms with E-state index in [9.17, 15) is 4.79 Å². The zero-order valence-electron chi connectivity index (χ0n) is 16.0. The molecule has 3 rings (SSSR count). The van der Waals surface area contributed by atoms with Gasteiger partial charge in [-0.25, -0.2) is 0 Å². The Morgan fingerprint density at radius 1 is 1.15 bits per heavy atom. The third kappa shape index (κ3) is 3.45. The molecule has 4 nitrogen and oxygen atoms in total. The minimum absolute atomic E-state index is 0.152. The van der Waals surface area contributed by atoms with Crippen LogP contribution in [-0.4, -0.2) is 18.6 Å². The van der Waals surface area contributed by atoms with Crippen LogP contribution in [-0.2, 0) is 11.3 Å². The highest BCUT2D eigenvalue weighted by Gasteiger charge is 2.32. The molecule has 1 heterocycles. The van der Waals surface area contributed by atoms with Gasteiger partial charge in [0.15, 0.2) is 0 Å². The minimum Gasteiger partial charge on any atom is -0.496 e. The van der Waals surface area contributed by atoms with Crippen molar-refractivity contribution in [3.8, 4) is 11.5 Å². The molecule has 2 aromatic rings. The van der Waals surface area contributed by atoms with Gasteiger partial charge in [-0.05, 0) is 50.6 Å². The highest BCUT2D eigenvalue weighted by Crippen LogP contribution is 2.42. The van der Waals surface area contributed by atoms with Crippen molar-refractivity contribution in [1.29, 1.82) is 0 Å². The number of carbonyl (C=O) groups is 1. The number of nitrogens with zero attached hydrogens (tertiary/aromatic N) is 1. The Morgan fingerprint density at radius 3 is 2.58 bits per heavy atom. The SMILES string of the molecule is COc1ccccc1CN1c2ccc(OC(C)=O)cc2C(C)=CC1(C)C. The maximum atomic E-state index is 11.3. The highest BCUT2D eigenvalue weighted by molar-refractivity contribution is 5.82. The van der Waals surface area contributed by atoms with Crippen molar-refractivity contribution in [1.82, 2.24) is 0 Å². The third-order valence-electron chi connectivity index (χ3n) is 4.73. The molecule has 0 N–H and O–H groups in total. The third-order valence-corrected chi connectivity index (χ3v) is 4.73. The molecule has 4 heteroatoms. The fraction of sp³-hybridized carbons (Fsp3) is 0.318. The summed E-state index contributed by atoms with van der Waals surface area (Å²) < 4.78 is 10.8. The Kier molecular flexibility index (Phi) is 4.77. The Labute approximate surface area is 155 Å². The van der Waals surface area contributed by atoms with Crippen LogP contribution >= 0.6 is 0 Å². The van der Waals surface area contributed by atoms with Crippen LogP contribution in [0, 0.1) is 0 Å². The quantitative estimate of drug-likeness (QED) is 0.585. The molecule has 0 spiro atoms. The molecule has 136 valence electrons. The standard InChI is InChI=1S/C22H25NO3/c1-15-13-22(3,4)23(14-17-8-6-7-9-21(17)25-5)20-11-10-18(12-19(15)20)26-16(2)24/h6-13H,14H2,1-5H3. The first-order chi connectivity index (χ1) is 12.3. The van der Waals surface area contributed by atoms with Crippen molar-refractivity contribution in [3.05, 3.63) is 59.7 Å². The first kappa shape index (κ1) is 18.1. The largest absolute Gasteiger partial charge is 0.496 e. The number of carbonyl (C=O) groups excluding carboxylic acids is 1. The second-order valence-electron chi connectivity index (χ2n) is 7.15. The molecule has 26 heavy (non-hydrogen) atoms. The van der Waals surface area contributed by atoms with Gasteiger partial charge in [0, 0.05) is 30.3 Å². The number of ether oxygens (including phenoxy) is 2. The van der Waals surface area contributed by atoms with Gasteiger partial charge in [-0.15, -0.1) is 0 Å². The van der Waals surface area contributed by atoms with Gasteiger partial charge < -0.3 is 14.4 Å². The number of methoxy groups -OCH3 is 1. The Hall–Kier alpha value is -2.75. The lowest BCUT2D eigenvalue weighted by atomic mass is 9.88. The Morgan fingerprint density at radius 2 is 1.88 bits per heavy atom. The van der Waals surface area contributed by atoms with Gasteiger partial charge in [-0.3, -0.25) is 4.79 Å². The molecule has 0 saturated heterocycles. The Balaban J connectivity index is 2.04. The predicted molar refractivity (Wildman–Crippen MR) is 105 cm³/mol. The second-order valence-corrected chi connectivity index (χ2v) is 7.15. The van der Waals surface area contributed by atoms with Crippen molar-refractivity contribution >= 4 is 17.2 Å². The van der Waals surface area contributed by atoms with E-state index in [1.165, 1.54) is 12.5 Å². The number of esters is 1. The molecule has 0 aliphatic carbocycles. The summed E-state index contributed by atoms with van der Waals surface area (Å²) >= 11 is 0. The van der Waals surface area contributed by atoms with E-state index in [0.717, 1.165) is 29.1 Å². The van der Waals surface area contributed by atoms with E-state index in [1.54, 1.807) is 7.11 Å². The van der Waals surface area contributed by atoms with E-state index in [2.05, 4.69) is 37.8 Å². The zero-order chi connectivity index (χ0) is 18.9. The number of benzene rings is 2. The summed E-state index contributed by atoms with van der Waals surface area (Å²) in [6.07, 6.45) is 2.25. The van der Waals surface area contributed by atoms with Crippen molar-refractivity contribution in [2.24, 2.45) is 0 Å². The van der Waals surface area contributed by atoms with Gasteiger partial charge in [0.25, 0.3) is 0 Å². The summed E-state index contributed by atoms with van der Waals surface area (Å²) in [5.74, 6) is 1.14. The molecule has 0 atom stereocenters. The monoisotopic (exact) mass is 351 g/mol. The molecule has 1 aliphatic heterocycles. The fourth-order valence-corrected chi connectivity index (χ4v) is 3.58. The van der Waals surface area contributed by atoms with E-state index in [4.69, 9.17) is 9.47 Å². The van der Waals surface area contributed by atoms with Gasteiger partial charge >= 0.3 is 5.97 Å². The summed E-state index contributed by atoms with van der Waals surface area (Å²) in [7, 11) is 1.70. The average molecular weight is 351 g/mol. The minimum atomic E-state index is -0.311. The average Bonchev–Trinajstić information content (AvgIpc) is 2.58. The molecule has 2 aromatic carbocycles. The number of rotatable bonds is 4. The molecule has 0 bridgehead atoms. The van der Waals surface area contributed by atoms with Crippen LogP contribution < -0.4 is 14.4 Å². The summed E-state index contributed by atoms with van der Waals surface area (Å²) in [5.41, 5.74) is 4.36. The molecule has 0 radical (unpaired) electrons. The second kappa shape index (κ2) is 6.87. The summed E-state index contributed by atoms with van der Waals surface area (Å²) in [4.78, 5) is 13.6.